The van der Waals surface area contributed by atoms with Crippen LogP contribution in [0.3, 0.4) is 0 Å². The average Bonchev–Trinajstić information content (AvgIpc) is 1.68. The first kappa shape index (κ1) is 123. The summed E-state index contributed by atoms with van der Waals surface area (Å²) in [6.45, 7) is 25.8. The predicted octanol–water partition coefficient (Wildman–Crippen LogP) is 24.4. The molecule has 7 atom stereocenters. The average molecular weight is 2770 g/mol. The molecule has 0 spiro atoms. The number of halogens is 15. The third kappa shape index (κ3) is 42.1. The lowest BCUT2D eigenvalue weighted by molar-refractivity contribution is -0.151. The lowest BCUT2D eigenvalue weighted by Gasteiger charge is -2.17. The highest BCUT2D eigenvalue weighted by atomic mass is 79.9. The molecular formula is C83H96Br15NO27S. The monoisotopic (exact) mass is 2750 g/mol. The highest BCUT2D eigenvalue weighted by Crippen LogP contribution is 2.42. The molecule has 127 heavy (non-hydrogen) atoms. The van der Waals surface area contributed by atoms with Crippen molar-refractivity contribution in [3.05, 3.63) is 158 Å². The van der Waals surface area contributed by atoms with E-state index in [-0.39, 0.29) is 65.1 Å². The number of allylic oxidation sites excluding steroid dienone is 7. The van der Waals surface area contributed by atoms with E-state index < -0.39 is 84.1 Å². The van der Waals surface area contributed by atoms with Crippen molar-refractivity contribution in [3.8, 4) is 0 Å². The number of cyclic esters (lactones) is 7. The van der Waals surface area contributed by atoms with Gasteiger partial charge < -0.3 is 66.9 Å². The number of hydrogen-bond acceptors (Lipinski definition) is 28. The van der Waals surface area contributed by atoms with E-state index in [1.54, 1.807) is 18.0 Å². The summed E-state index contributed by atoms with van der Waals surface area (Å²) in [6, 6.07) is -0.315. The SMILES string of the molecule is C.C=CC(=O)OCCCC(=O)OC(CCC)C1=C(Br)/C(=C/Br)OC1=O.CC(=O)SC(C)C1=CC(=C(Br)Br)OC1=O.CCCC(=O)OC(CCC)C1=C(Br)/C(=C/Br)OC1=O.CCCC(NC(C)=O)C1=C(Br)/C(=C/Br)OC1=O.CCCC(OC(C)=O)C1=C(Br)/C(=C/Br)OC1=O.CCCC(OC(C)=O)C1=C(Br)/C(=C/Br)OC1=O.CCCOCCC(Br)C1=C(Br)/C(=C/Br)OC1=O. The minimum atomic E-state index is -0.690. The molecule has 7 heterocycles. The number of esters is 12. The molecule has 0 aliphatic carbocycles. The van der Waals surface area contributed by atoms with Gasteiger partial charge in [0.25, 0.3) is 0 Å². The summed E-state index contributed by atoms with van der Waals surface area (Å²) in [5.41, 5.74) is 2.94. The van der Waals surface area contributed by atoms with Crippen molar-refractivity contribution in [2.75, 3.05) is 19.8 Å². The quantitative estimate of drug-likeness (QED) is 0.0202. The van der Waals surface area contributed by atoms with E-state index in [1.165, 1.54) is 52.6 Å². The first-order valence-corrected chi connectivity index (χ1v) is 51.9. The van der Waals surface area contributed by atoms with Gasteiger partial charge in [0.1, 0.15) is 27.8 Å². The van der Waals surface area contributed by atoms with Crippen molar-refractivity contribution in [2.24, 2.45) is 0 Å². The minimum absolute atomic E-state index is 0. The summed E-state index contributed by atoms with van der Waals surface area (Å²) in [7, 11) is 0. The molecule has 1 amide bonds. The van der Waals surface area contributed by atoms with Crippen molar-refractivity contribution in [1.29, 1.82) is 0 Å². The fraction of sp³-hybridized carbons (Fsp3) is 0.470. The van der Waals surface area contributed by atoms with Crippen molar-refractivity contribution in [2.45, 2.75) is 234 Å². The van der Waals surface area contributed by atoms with Crippen molar-refractivity contribution < 1.29 is 129 Å². The largest absolute Gasteiger partial charge is 0.463 e. The van der Waals surface area contributed by atoms with Crippen LogP contribution in [0, 0.1) is 0 Å². The van der Waals surface area contributed by atoms with Crippen LogP contribution < -0.4 is 5.32 Å². The van der Waals surface area contributed by atoms with Crippen LogP contribution in [-0.2, 0) is 129 Å². The van der Waals surface area contributed by atoms with Crippen molar-refractivity contribution in [1.82, 2.24) is 5.32 Å². The minimum Gasteiger partial charge on any atom is -0.463 e. The number of rotatable bonds is 35. The molecule has 7 rings (SSSR count). The van der Waals surface area contributed by atoms with Gasteiger partial charge in [0.15, 0.2) is 45.4 Å². The van der Waals surface area contributed by atoms with Crippen molar-refractivity contribution >= 4 is 333 Å². The molecule has 0 fully saturated rings. The van der Waals surface area contributed by atoms with Gasteiger partial charge in [-0.2, -0.15) is 0 Å². The Bertz CT molecular complexity index is 4290. The third-order valence-corrected chi connectivity index (χ3v) is 26.1. The van der Waals surface area contributed by atoms with Gasteiger partial charge in [-0.15, -0.1) is 0 Å². The number of amides is 1. The maximum absolute atomic E-state index is 12.0. The predicted molar refractivity (Wildman–Crippen MR) is 535 cm³/mol. The molecule has 0 radical (unpaired) electrons. The normalized spacial score (nSPS) is 18.5. The Labute approximate surface area is 869 Å². The zero-order chi connectivity index (χ0) is 95.9. The van der Waals surface area contributed by atoms with Gasteiger partial charge in [-0.3, -0.25) is 28.8 Å². The molecule has 1 N–H and O–H groups in total. The van der Waals surface area contributed by atoms with E-state index in [0.717, 1.165) is 75.8 Å². The standard InChI is InChI=1S/C16H18Br2O6.C13H16Br2O4.C11H13Br3O3.C11H13Br2NO3.2C11H12Br2O4.C9H8Br2O3S.CH4/c1-3-6-10(14-15(18)11(9-17)24-16(14)21)23-13(20)7-5-8-22-12(19)4-2;1-3-5-8(18-10(16)6-4-2)11-12(15)9(7-14)19-13(11)17;1-2-4-16-5-3-7(13)9-10(14)8(6-12)17-11(9)15;1-3-4-7(14-6(2)15)9-10(13)8(5-12)17-11(9)16;2*1-3-4-7(16-6(2)14)9-10(13)8(5-12)17-11(9)15;1-4(15-5(2)12)6-3-7(8(10)11)14-9(6)13;/h4,9-10H,2-3,5-8H2,1H3;7-8H,3-6H2,1-2H3;6-7H,2-5H2,1H3;5,7H,3-4H2,1-2H3,(H,14,15);2*5,7H,3-4H2,1-2H3;3-4H,1-2H3;1H4/b11-9-;9-7-;8-6-;3*8-5-;;. The Morgan fingerprint density at radius 3 is 1.06 bits per heavy atom. The molecule has 0 saturated carbocycles. The smallest absolute Gasteiger partial charge is 0.344 e. The van der Waals surface area contributed by atoms with Crippen LogP contribution in [0.1, 0.15) is 193 Å². The lowest BCUT2D eigenvalue weighted by atomic mass is 10.0. The summed E-state index contributed by atoms with van der Waals surface area (Å²) < 4.78 is 70.4. The number of ether oxygens (including phenoxy) is 13. The second-order valence-corrected chi connectivity index (χ2v) is 38.6. The Balaban J connectivity index is 0.00000146. The number of hydrogen-bond donors (Lipinski definition) is 1. The Morgan fingerprint density at radius 1 is 0.433 bits per heavy atom. The van der Waals surface area contributed by atoms with Crippen LogP contribution in [-0.4, -0.2) is 143 Å². The fourth-order valence-electron chi connectivity index (χ4n) is 10.7. The fourth-order valence-corrected chi connectivity index (χ4v) is 20.3. The summed E-state index contributed by atoms with van der Waals surface area (Å²) in [4.78, 5) is 170. The van der Waals surface area contributed by atoms with E-state index in [0.29, 0.717) is 156 Å². The number of alkyl halides is 1. The van der Waals surface area contributed by atoms with Crippen LogP contribution >= 0.6 is 251 Å². The highest BCUT2D eigenvalue weighted by molar-refractivity contribution is 9.28. The second kappa shape index (κ2) is 66.7. The van der Waals surface area contributed by atoms with Crippen LogP contribution in [0.25, 0.3) is 0 Å². The first-order chi connectivity index (χ1) is 59.5. The number of thioether (sulfide) groups is 1. The lowest BCUT2D eigenvalue weighted by Crippen LogP contribution is -2.36. The molecule has 0 saturated heterocycles. The maximum atomic E-state index is 12.0. The topological polar surface area (TPSA) is 371 Å². The molecule has 7 aliphatic rings. The third-order valence-electron chi connectivity index (χ3n) is 16.1. The molecule has 44 heteroatoms. The van der Waals surface area contributed by atoms with E-state index in [2.05, 4.69) is 258 Å². The van der Waals surface area contributed by atoms with Gasteiger partial charge in [0, 0.05) is 95.0 Å². The molecule has 7 unspecified atom stereocenters. The van der Waals surface area contributed by atoms with Gasteiger partial charge >= 0.3 is 71.6 Å². The van der Waals surface area contributed by atoms with Crippen LogP contribution in [0.5, 0.6) is 0 Å². The zero-order valence-corrected chi connectivity index (χ0v) is 94.5. The molecule has 28 nitrogen and oxygen atoms in total. The van der Waals surface area contributed by atoms with Gasteiger partial charge in [-0.1, -0.05) is 218 Å². The molecule has 0 aromatic rings. The summed E-state index contributed by atoms with van der Waals surface area (Å²) >= 11 is 49.5. The number of carbonyl (C=O) groups excluding carboxylic acids is 14. The molecule has 0 bridgehead atoms. The molecule has 0 aromatic heterocycles. The number of nitrogens with one attached hydrogen (secondary N) is 1. The second-order valence-electron chi connectivity index (χ2n) is 25.9. The Hall–Kier alpha value is -3.61. The molecule has 7 aliphatic heterocycles. The summed E-state index contributed by atoms with van der Waals surface area (Å²) in [5, 5.41) is 2.55. The Kier molecular flexibility index (Phi) is 64.8. The van der Waals surface area contributed by atoms with E-state index in [9.17, 15) is 67.1 Å². The number of carbonyl (C=O) groups is 14. The van der Waals surface area contributed by atoms with E-state index >= 15 is 0 Å². The van der Waals surface area contributed by atoms with Gasteiger partial charge in [0.05, 0.1) is 83.4 Å². The van der Waals surface area contributed by atoms with Crippen LogP contribution in [0.15, 0.2) is 158 Å². The zero-order valence-electron chi connectivity index (χ0n) is 69.9. The Morgan fingerprint density at radius 2 is 0.764 bits per heavy atom. The van der Waals surface area contributed by atoms with Crippen molar-refractivity contribution in [3.63, 3.8) is 0 Å². The van der Waals surface area contributed by atoms with Gasteiger partial charge in [0.2, 0.25) is 5.91 Å². The van der Waals surface area contributed by atoms with Crippen LogP contribution in [0.2, 0.25) is 0 Å². The van der Waals surface area contributed by atoms with Crippen LogP contribution in [0.4, 0.5) is 0 Å². The van der Waals surface area contributed by atoms with Gasteiger partial charge in [-0.05, 0) is 198 Å². The molecular weight excluding hydrogens is 2670 g/mol. The first-order valence-electron chi connectivity index (χ1n) is 38.3. The maximum Gasteiger partial charge on any atom is 0.344 e. The van der Waals surface area contributed by atoms with E-state index in [4.69, 9.17) is 61.6 Å². The summed E-state index contributed by atoms with van der Waals surface area (Å²) in [5.74, 6) is -2.55. The summed E-state index contributed by atoms with van der Waals surface area (Å²) in [6.07, 6.45) is 10.4. The van der Waals surface area contributed by atoms with Gasteiger partial charge in [-0.25, -0.2) is 38.4 Å². The van der Waals surface area contributed by atoms with E-state index in [1.807, 2.05) is 41.5 Å². The highest BCUT2D eigenvalue weighted by Gasteiger charge is 2.41. The molecule has 0 aromatic carbocycles. The molecule has 706 valence electrons.